The predicted octanol–water partition coefficient (Wildman–Crippen LogP) is 6.30. The molecule has 1 saturated heterocycles. The SMILES string of the molecule is C=CCOC(=O)c1ccc(CSC2CC(=O)N2C(C)OCC(CCCC)c2ccccc2F)cc1. The molecule has 0 radical (unpaired) electrons. The van der Waals surface area contributed by atoms with E-state index in [1.807, 2.05) is 31.2 Å². The number of likely N-dealkylation sites (tertiary alicyclic amines) is 1. The van der Waals surface area contributed by atoms with Gasteiger partial charge in [0, 0.05) is 11.7 Å². The van der Waals surface area contributed by atoms with E-state index in [9.17, 15) is 14.0 Å². The zero-order valence-electron chi connectivity index (χ0n) is 20.5. The molecular formula is C28H34FNO4S. The molecule has 3 atom stereocenters. The minimum absolute atomic E-state index is 0.0253. The maximum absolute atomic E-state index is 14.4. The Labute approximate surface area is 211 Å². The number of amides is 1. The first kappa shape index (κ1) is 27.0. The molecule has 2 aromatic carbocycles. The van der Waals surface area contributed by atoms with Crippen molar-refractivity contribution < 1.29 is 23.5 Å². The third kappa shape index (κ3) is 7.42. The number of ether oxygens (including phenoxy) is 2. The van der Waals surface area contributed by atoms with Crippen LogP contribution in [0.1, 0.15) is 66.9 Å². The Bertz CT molecular complexity index is 997. The lowest BCUT2D eigenvalue weighted by Crippen LogP contribution is -2.56. The topological polar surface area (TPSA) is 55.8 Å². The molecule has 1 amide bonds. The first-order valence-electron chi connectivity index (χ1n) is 12.1. The second-order valence-corrected chi connectivity index (χ2v) is 9.81. The lowest BCUT2D eigenvalue weighted by molar-refractivity contribution is -0.161. The number of esters is 1. The fourth-order valence-corrected chi connectivity index (χ4v) is 5.33. The Balaban J connectivity index is 1.52. The number of hydrogen-bond donors (Lipinski definition) is 0. The standard InChI is InChI=1S/C28H34FNO4S/c1-4-6-9-23(24-10-7-8-11-25(24)29)18-34-20(3)30-26(31)17-27(30)35-19-21-12-14-22(15-13-21)28(32)33-16-5-2/h5,7-8,10-15,20,23,27H,2,4,6,9,16-19H2,1,3H3. The maximum atomic E-state index is 14.4. The Morgan fingerprint density at radius 1 is 1.26 bits per heavy atom. The van der Waals surface area contributed by atoms with Gasteiger partial charge in [0.05, 0.1) is 24.0 Å². The number of nitrogens with zero attached hydrogens (tertiary/aromatic N) is 1. The number of unbranched alkanes of at least 4 members (excludes halogenated alkanes) is 1. The van der Waals surface area contributed by atoms with Crippen LogP contribution in [0.4, 0.5) is 4.39 Å². The first-order chi connectivity index (χ1) is 16.9. The average Bonchev–Trinajstić information content (AvgIpc) is 2.86. The van der Waals surface area contributed by atoms with Crippen LogP contribution in [0.15, 0.2) is 61.2 Å². The van der Waals surface area contributed by atoms with Gasteiger partial charge >= 0.3 is 5.97 Å². The molecule has 3 unspecified atom stereocenters. The summed E-state index contributed by atoms with van der Waals surface area (Å²) >= 11 is 1.67. The van der Waals surface area contributed by atoms with Crippen LogP contribution in [0.5, 0.6) is 0 Å². The predicted molar refractivity (Wildman–Crippen MR) is 138 cm³/mol. The van der Waals surface area contributed by atoms with E-state index in [1.165, 1.54) is 12.1 Å². The van der Waals surface area contributed by atoms with E-state index in [-0.39, 0.29) is 41.8 Å². The molecule has 0 saturated carbocycles. The molecule has 35 heavy (non-hydrogen) atoms. The molecule has 1 fully saturated rings. The van der Waals surface area contributed by atoms with Crippen molar-refractivity contribution in [2.45, 2.75) is 62.8 Å². The highest BCUT2D eigenvalue weighted by Gasteiger charge is 2.40. The number of hydrogen-bond acceptors (Lipinski definition) is 5. The molecule has 0 spiro atoms. The van der Waals surface area contributed by atoms with Crippen LogP contribution in [0.3, 0.4) is 0 Å². The van der Waals surface area contributed by atoms with Gasteiger partial charge in [-0.1, -0.05) is 62.8 Å². The highest BCUT2D eigenvalue weighted by Crippen LogP contribution is 2.34. The van der Waals surface area contributed by atoms with Gasteiger partial charge in [-0.25, -0.2) is 9.18 Å². The van der Waals surface area contributed by atoms with Crippen LogP contribution in [-0.2, 0) is 20.0 Å². The van der Waals surface area contributed by atoms with Gasteiger partial charge in [0.1, 0.15) is 18.7 Å². The summed E-state index contributed by atoms with van der Waals surface area (Å²) in [6, 6.07) is 14.1. The van der Waals surface area contributed by atoms with Gasteiger partial charge in [-0.3, -0.25) is 4.79 Å². The summed E-state index contributed by atoms with van der Waals surface area (Å²) in [5, 5.41) is 0.0253. The van der Waals surface area contributed by atoms with Crippen LogP contribution < -0.4 is 0 Å². The molecule has 5 nitrogen and oxygen atoms in total. The molecule has 0 bridgehead atoms. The molecule has 1 aliphatic rings. The van der Waals surface area contributed by atoms with E-state index in [2.05, 4.69) is 13.5 Å². The van der Waals surface area contributed by atoms with E-state index < -0.39 is 0 Å². The number of carbonyl (C=O) groups is 2. The molecule has 2 aromatic rings. The average molecular weight is 500 g/mol. The van der Waals surface area contributed by atoms with Crippen molar-refractivity contribution in [1.82, 2.24) is 4.90 Å². The van der Waals surface area contributed by atoms with Crippen LogP contribution in [0.25, 0.3) is 0 Å². The van der Waals surface area contributed by atoms with Gasteiger partial charge in [0.25, 0.3) is 0 Å². The van der Waals surface area contributed by atoms with E-state index in [4.69, 9.17) is 9.47 Å². The van der Waals surface area contributed by atoms with Crippen molar-refractivity contribution in [3.63, 3.8) is 0 Å². The summed E-state index contributed by atoms with van der Waals surface area (Å²) in [6.45, 7) is 8.08. The molecule has 188 valence electrons. The quantitative estimate of drug-likeness (QED) is 0.174. The van der Waals surface area contributed by atoms with Crippen molar-refractivity contribution in [1.29, 1.82) is 0 Å². The number of carbonyl (C=O) groups excluding carboxylic acids is 2. The lowest BCUT2D eigenvalue weighted by Gasteiger charge is -2.43. The van der Waals surface area contributed by atoms with E-state index in [0.29, 0.717) is 29.9 Å². The number of thioether (sulfide) groups is 1. The van der Waals surface area contributed by atoms with Crippen molar-refractivity contribution in [3.8, 4) is 0 Å². The number of rotatable bonds is 14. The maximum Gasteiger partial charge on any atom is 0.338 e. The zero-order valence-corrected chi connectivity index (χ0v) is 21.3. The van der Waals surface area contributed by atoms with E-state index >= 15 is 0 Å². The van der Waals surface area contributed by atoms with E-state index in [1.54, 1.807) is 34.9 Å². The van der Waals surface area contributed by atoms with Gasteiger partial charge in [-0.05, 0) is 42.7 Å². The van der Waals surface area contributed by atoms with Crippen LogP contribution in [0, 0.1) is 5.82 Å². The summed E-state index contributed by atoms with van der Waals surface area (Å²) < 4.78 is 25.5. The monoisotopic (exact) mass is 499 g/mol. The zero-order chi connectivity index (χ0) is 25.2. The van der Waals surface area contributed by atoms with Gasteiger partial charge in [-0.15, -0.1) is 11.8 Å². The van der Waals surface area contributed by atoms with Gasteiger partial charge in [0.15, 0.2) is 0 Å². The summed E-state index contributed by atoms with van der Waals surface area (Å²) in [5.74, 6) is 0.137. The van der Waals surface area contributed by atoms with Crippen molar-refractivity contribution in [2.75, 3.05) is 13.2 Å². The summed E-state index contributed by atoms with van der Waals surface area (Å²) in [4.78, 5) is 26.0. The Kier molecular flexibility index (Phi) is 10.4. The molecule has 0 N–H and O–H groups in total. The van der Waals surface area contributed by atoms with Crippen LogP contribution in [-0.4, -0.2) is 41.6 Å². The molecule has 1 heterocycles. The summed E-state index contributed by atoms with van der Waals surface area (Å²) in [5.41, 5.74) is 2.23. The molecule has 7 heteroatoms. The summed E-state index contributed by atoms with van der Waals surface area (Å²) in [6.07, 6.45) is 4.48. The fourth-order valence-electron chi connectivity index (χ4n) is 4.05. The number of β-lactam (4-membered cyclic amide) rings is 1. The van der Waals surface area contributed by atoms with Crippen LogP contribution in [0.2, 0.25) is 0 Å². The molecule has 0 aliphatic carbocycles. The fraction of sp³-hybridized carbons (Fsp3) is 0.429. The highest BCUT2D eigenvalue weighted by molar-refractivity contribution is 7.99. The summed E-state index contributed by atoms with van der Waals surface area (Å²) in [7, 11) is 0. The van der Waals surface area contributed by atoms with Crippen LogP contribution >= 0.6 is 11.8 Å². The third-order valence-corrected chi connectivity index (χ3v) is 7.37. The van der Waals surface area contributed by atoms with E-state index in [0.717, 1.165) is 24.8 Å². The smallest absolute Gasteiger partial charge is 0.338 e. The van der Waals surface area contributed by atoms with Gasteiger partial charge in [0.2, 0.25) is 5.91 Å². The molecule has 3 rings (SSSR count). The minimum Gasteiger partial charge on any atom is -0.458 e. The molecule has 0 aromatic heterocycles. The third-order valence-electron chi connectivity index (χ3n) is 6.09. The second kappa shape index (κ2) is 13.4. The van der Waals surface area contributed by atoms with Crippen molar-refractivity contribution >= 4 is 23.6 Å². The van der Waals surface area contributed by atoms with Gasteiger partial charge in [-0.2, -0.15) is 0 Å². The molecule has 1 aliphatic heterocycles. The highest BCUT2D eigenvalue weighted by atomic mass is 32.2. The van der Waals surface area contributed by atoms with Gasteiger partial charge < -0.3 is 14.4 Å². The Morgan fingerprint density at radius 2 is 2.00 bits per heavy atom. The Morgan fingerprint density at radius 3 is 2.66 bits per heavy atom. The van der Waals surface area contributed by atoms with Crippen molar-refractivity contribution in [3.05, 3.63) is 83.7 Å². The largest absolute Gasteiger partial charge is 0.458 e. The second-order valence-electron chi connectivity index (χ2n) is 8.65. The Hall–Kier alpha value is -2.64. The normalized spacial score (nSPS) is 16.9. The first-order valence-corrected chi connectivity index (χ1v) is 13.1. The minimum atomic E-state index is -0.383. The number of halogens is 1. The number of benzene rings is 2. The lowest BCUT2D eigenvalue weighted by atomic mass is 9.94. The van der Waals surface area contributed by atoms with Crippen molar-refractivity contribution in [2.24, 2.45) is 0 Å². The molecular weight excluding hydrogens is 465 g/mol.